The molecule has 4 amide bonds. The lowest BCUT2D eigenvalue weighted by atomic mass is 9.79. The first-order chi connectivity index (χ1) is 17.2. The van der Waals surface area contributed by atoms with Crippen LogP contribution in [0.1, 0.15) is 52.6 Å². The Balaban J connectivity index is 1.84. The van der Waals surface area contributed by atoms with E-state index in [-0.39, 0.29) is 0 Å². The van der Waals surface area contributed by atoms with Crippen molar-refractivity contribution in [2.24, 2.45) is 0 Å². The first kappa shape index (κ1) is 21.9. The van der Waals surface area contributed by atoms with Crippen molar-refractivity contribution in [3.63, 3.8) is 0 Å². The summed E-state index contributed by atoms with van der Waals surface area (Å²) in [6.45, 7) is 3.94. The van der Waals surface area contributed by atoms with Gasteiger partial charge in [0.1, 0.15) is 0 Å². The van der Waals surface area contributed by atoms with Crippen molar-refractivity contribution >= 4 is 34.4 Å². The second-order valence-electron chi connectivity index (χ2n) is 9.51. The quantitative estimate of drug-likeness (QED) is 0.372. The predicted molar refractivity (Wildman–Crippen MR) is 137 cm³/mol. The van der Waals surface area contributed by atoms with Crippen LogP contribution in [0.4, 0.5) is 0 Å². The fourth-order valence-corrected chi connectivity index (χ4v) is 5.22. The zero-order chi connectivity index (χ0) is 25.5. The Morgan fingerprint density at radius 2 is 0.806 bits per heavy atom. The average Bonchev–Trinajstić information content (AvgIpc) is 2.88. The van der Waals surface area contributed by atoms with E-state index in [4.69, 9.17) is 0 Å². The van der Waals surface area contributed by atoms with Gasteiger partial charge in [-0.1, -0.05) is 59.7 Å². The van der Waals surface area contributed by atoms with E-state index in [2.05, 4.69) is 0 Å². The van der Waals surface area contributed by atoms with Crippen molar-refractivity contribution in [2.45, 2.75) is 13.8 Å². The summed E-state index contributed by atoms with van der Waals surface area (Å²) in [7, 11) is 2.92. The summed E-state index contributed by atoms with van der Waals surface area (Å²) in [5, 5.41) is 0.744. The molecule has 36 heavy (non-hydrogen) atoms. The summed E-state index contributed by atoms with van der Waals surface area (Å²) in [6.07, 6.45) is 0. The third kappa shape index (κ3) is 2.84. The molecule has 176 valence electrons. The molecule has 4 aromatic rings. The van der Waals surface area contributed by atoms with Crippen LogP contribution in [-0.2, 0) is 0 Å². The number of carbonyl (C=O) groups excluding carboxylic acids is 4. The molecule has 6 nitrogen and oxygen atoms in total. The summed E-state index contributed by atoms with van der Waals surface area (Å²) < 4.78 is 0. The predicted octanol–water partition coefficient (Wildman–Crippen LogP) is 5.24. The summed E-state index contributed by atoms with van der Waals surface area (Å²) in [6, 6.07) is 18.7. The second kappa shape index (κ2) is 7.46. The number of hydrogen-bond donors (Lipinski definition) is 0. The van der Waals surface area contributed by atoms with Crippen molar-refractivity contribution in [3.8, 4) is 22.3 Å². The van der Waals surface area contributed by atoms with Gasteiger partial charge in [-0.15, -0.1) is 0 Å². The molecule has 0 fully saturated rings. The Morgan fingerprint density at radius 1 is 0.472 bits per heavy atom. The molecule has 0 aromatic heterocycles. The third-order valence-corrected chi connectivity index (χ3v) is 7.24. The fraction of sp³-hybridized carbons (Fsp3) is 0.133. The molecule has 0 atom stereocenters. The van der Waals surface area contributed by atoms with Gasteiger partial charge < -0.3 is 0 Å². The molecular formula is C30H22N2O4. The van der Waals surface area contributed by atoms with E-state index < -0.39 is 23.6 Å². The number of nitrogens with zero attached hydrogens (tertiary/aromatic N) is 2. The van der Waals surface area contributed by atoms with Crippen LogP contribution in [0.15, 0.2) is 60.7 Å². The Kier molecular flexibility index (Phi) is 4.54. The van der Waals surface area contributed by atoms with Gasteiger partial charge in [-0.3, -0.25) is 29.0 Å². The van der Waals surface area contributed by atoms with E-state index in [1.54, 1.807) is 12.1 Å². The van der Waals surface area contributed by atoms with Crippen molar-refractivity contribution in [1.29, 1.82) is 0 Å². The Morgan fingerprint density at radius 3 is 1.14 bits per heavy atom. The summed E-state index contributed by atoms with van der Waals surface area (Å²) in [5.74, 6) is -1.83. The van der Waals surface area contributed by atoms with Crippen LogP contribution in [0.25, 0.3) is 33.0 Å². The highest BCUT2D eigenvalue weighted by Crippen LogP contribution is 2.45. The molecule has 6 heteroatoms. The van der Waals surface area contributed by atoms with Crippen LogP contribution < -0.4 is 0 Å². The molecule has 0 unspecified atom stereocenters. The topological polar surface area (TPSA) is 74.8 Å². The molecule has 0 radical (unpaired) electrons. The number of benzene rings is 4. The van der Waals surface area contributed by atoms with Gasteiger partial charge in [0, 0.05) is 36.0 Å². The van der Waals surface area contributed by atoms with Crippen LogP contribution in [0.5, 0.6) is 0 Å². The number of carbonyl (C=O) groups is 4. The molecule has 0 aliphatic carbocycles. The zero-order valence-corrected chi connectivity index (χ0v) is 20.3. The molecular weight excluding hydrogens is 452 g/mol. The monoisotopic (exact) mass is 474 g/mol. The molecule has 0 saturated heterocycles. The molecule has 0 bridgehead atoms. The van der Waals surface area contributed by atoms with E-state index in [9.17, 15) is 19.2 Å². The number of hydrogen-bond acceptors (Lipinski definition) is 4. The van der Waals surface area contributed by atoms with Crippen LogP contribution in [0.3, 0.4) is 0 Å². The first-order valence-corrected chi connectivity index (χ1v) is 11.7. The average molecular weight is 475 g/mol. The minimum atomic E-state index is -0.460. The van der Waals surface area contributed by atoms with Gasteiger partial charge >= 0.3 is 0 Å². The van der Waals surface area contributed by atoms with Gasteiger partial charge in [0.25, 0.3) is 23.6 Å². The molecule has 2 aliphatic rings. The molecule has 0 saturated carbocycles. The van der Waals surface area contributed by atoms with E-state index in [1.807, 2.05) is 62.4 Å². The maximum Gasteiger partial charge on any atom is 0.261 e. The van der Waals surface area contributed by atoms with E-state index in [0.29, 0.717) is 44.2 Å². The Bertz CT molecular complexity index is 1560. The maximum atomic E-state index is 13.5. The van der Waals surface area contributed by atoms with E-state index in [0.717, 1.165) is 32.1 Å². The third-order valence-electron chi connectivity index (χ3n) is 7.24. The van der Waals surface area contributed by atoms with Crippen LogP contribution >= 0.6 is 0 Å². The maximum absolute atomic E-state index is 13.5. The Hall–Kier alpha value is -4.58. The van der Waals surface area contributed by atoms with Crippen LogP contribution in [-0.4, -0.2) is 47.5 Å². The summed E-state index contributed by atoms with van der Waals surface area (Å²) >= 11 is 0. The highest BCUT2D eigenvalue weighted by atomic mass is 16.2. The number of aryl methyl sites for hydroxylation is 2. The summed E-state index contributed by atoms with van der Waals surface area (Å²) in [4.78, 5) is 56.2. The molecule has 2 aliphatic heterocycles. The zero-order valence-electron chi connectivity index (χ0n) is 20.3. The number of amides is 4. The lowest BCUT2D eigenvalue weighted by Gasteiger charge is -2.32. The van der Waals surface area contributed by atoms with E-state index in [1.165, 1.54) is 14.1 Å². The van der Waals surface area contributed by atoms with Gasteiger partial charge in [0.2, 0.25) is 0 Å². The van der Waals surface area contributed by atoms with Gasteiger partial charge in [-0.25, -0.2) is 0 Å². The Labute approximate surface area is 207 Å². The smallest absolute Gasteiger partial charge is 0.261 e. The normalized spacial score (nSPS) is 14.8. The van der Waals surface area contributed by atoms with Crippen molar-refractivity contribution in [1.82, 2.24) is 9.80 Å². The minimum absolute atomic E-state index is 0.307. The van der Waals surface area contributed by atoms with Crippen LogP contribution in [0, 0.1) is 13.8 Å². The number of imide groups is 2. The first-order valence-electron chi connectivity index (χ1n) is 11.7. The lowest BCUT2D eigenvalue weighted by molar-refractivity contribution is 0.0630. The highest BCUT2D eigenvalue weighted by Gasteiger charge is 2.41. The van der Waals surface area contributed by atoms with E-state index >= 15 is 0 Å². The molecule has 4 aromatic carbocycles. The van der Waals surface area contributed by atoms with Crippen molar-refractivity contribution < 1.29 is 19.2 Å². The minimum Gasteiger partial charge on any atom is -0.277 e. The van der Waals surface area contributed by atoms with Gasteiger partial charge in [-0.05, 0) is 48.2 Å². The summed E-state index contributed by atoms with van der Waals surface area (Å²) in [5.41, 5.74) is 6.03. The van der Waals surface area contributed by atoms with Crippen LogP contribution in [0.2, 0.25) is 0 Å². The fourth-order valence-electron chi connectivity index (χ4n) is 5.22. The largest absolute Gasteiger partial charge is 0.277 e. The number of rotatable bonds is 2. The SMILES string of the molecule is Cc1ccc(-c2cc3c4c(c(-c5ccc(C)cc5)cc5c4c2C(=O)N(C)C5=O)C(=O)N(C)C3=O)cc1. The molecule has 6 rings (SSSR count). The van der Waals surface area contributed by atoms with Crippen molar-refractivity contribution in [2.75, 3.05) is 14.1 Å². The van der Waals surface area contributed by atoms with Crippen molar-refractivity contribution in [3.05, 3.63) is 94.0 Å². The van der Waals surface area contributed by atoms with Gasteiger partial charge in [-0.2, -0.15) is 0 Å². The van der Waals surface area contributed by atoms with Gasteiger partial charge in [0.05, 0.1) is 11.1 Å². The highest BCUT2D eigenvalue weighted by molar-refractivity contribution is 6.36. The second-order valence-corrected chi connectivity index (χ2v) is 9.51. The molecule has 0 spiro atoms. The molecule has 2 heterocycles. The van der Waals surface area contributed by atoms with Gasteiger partial charge in [0.15, 0.2) is 0 Å². The standard InChI is InChI=1S/C30H22N2O4/c1-15-5-9-17(10-6-15)19-13-21-24-23-22(28(34)31(3)29(35)25(19)23)14-20(18-11-7-16(2)8-12-18)26(24)30(36)32(4)27(21)33/h5-14H,1-4H3. The lowest BCUT2D eigenvalue weighted by Crippen LogP contribution is -2.41. The molecule has 0 N–H and O–H groups in total.